The molecule has 0 aliphatic carbocycles. The van der Waals surface area contributed by atoms with Crippen molar-refractivity contribution in [3.63, 3.8) is 0 Å². The second kappa shape index (κ2) is 4.73. The molecule has 0 atom stereocenters. The van der Waals surface area contributed by atoms with E-state index in [0.717, 1.165) is 30.3 Å². The topological polar surface area (TPSA) is 91.5 Å². The molecule has 1 aromatic rings. The summed E-state index contributed by atoms with van der Waals surface area (Å²) in [6.45, 7) is 3.60. The number of anilines is 2. The summed E-state index contributed by atoms with van der Waals surface area (Å²) >= 11 is 0. The number of aryl methyl sites for hydroxylation is 1. The van der Waals surface area contributed by atoms with Crippen molar-refractivity contribution >= 4 is 23.4 Å². The number of primary amides is 1. The zero-order valence-corrected chi connectivity index (χ0v) is 9.58. The fourth-order valence-electron chi connectivity index (χ4n) is 1.59. The lowest BCUT2D eigenvalue weighted by atomic mass is 10.2. The van der Waals surface area contributed by atoms with Crippen LogP contribution in [-0.4, -0.2) is 25.1 Å². The molecule has 0 radical (unpaired) electrons. The van der Waals surface area contributed by atoms with E-state index in [1.165, 1.54) is 0 Å². The van der Waals surface area contributed by atoms with E-state index in [9.17, 15) is 4.79 Å². The maximum absolute atomic E-state index is 10.8. The van der Waals surface area contributed by atoms with E-state index in [1.54, 1.807) is 6.07 Å². The first-order chi connectivity index (χ1) is 8.15. The summed E-state index contributed by atoms with van der Waals surface area (Å²) < 4.78 is 0. The molecule has 6 nitrogen and oxygen atoms in total. The molecule has 0 saturated heterocycles. The summed E-state index contributed by atoms with van der Waals surface area (Å²) in [5.41, 5.74) is 7.69. The Kier molecular flexibility index (Phi) is 3.13. The average Bonchev–Trinajstić information content (AvgIpc) is 2.75. The van der Waals surface area contributed by atoms with Gasteiger partial charge in [-0.25, -0.2) is 4.79 Å². The second-order valence-corrected chi connectivity index (χ2v) is 3.80. The molecule has 5 N–H and O–H groups in total. The lowest BCUT2D eigenvalue weighted by molar-refractivity contribution is 0.259. The minimum absolute atomic E-state index is 0.573. The molecular weight excluding hydrogens is 218 g/mol. The van der Waals surface area contributed by atoms with E-state index >= 15 is 0 Å². The first-order valence-corrected chi connectivity index (χ1v) is 5.37. The van der Waals surface area contributed by atoms with Crippen LogP contribution in [0.1, 0.15) is 5.56 Å². The Morgan fingerprint density at radius 2 is 2.35 bits per heavy atom. The molecule has 0 saturated carbocycles. The lowest BCUT2D eigenvalue weighted by Crippen LogP contribution is -2.26. The number of urea groups is 1. The lowest BCUT2D eigenvalue weighted by Gasteiger charge is -2.11. The van der Waals surface area contributed by atoms with Crippen LogP contribution in [0.3, 0.4) is 0 Å². The van der Waals surface area contributed by atoms with Gasteiger partial charge in [0.1, 0.15) is 0 Å². The van der Waals surface area contributed by atoms with Gasteiger partial charge in [-0.2, -0.15) is 0 Å². The predicted molar refractivity (Wildman–Crippen MR) is 68.3 cm³/mol. The van der Waals surface area contributed by atoms with Crippen molar-refractivity contribution in [2.75, 3.05) is 23.7 Å². The molecule has 1 aliphatic heterocycles. The molecule has 0 bridgehead atoms. The van der Waals surface area contributed by atoms with Crippen molar-refractivity contribution in [1.82, 2.24) is 5.32 Å². The molecule has 1 heterocycles. The second-order valence-electron chi connectivity index (χ2n) is 3.80. The molecule has 2 amide bonds. The van der Waals surface area contributed by atoms with Gasteiger partial charge in [0.25, 0.3) is 0 Å². The molecule has 0 unspecified atom stereocenters. The fraction of sp³-hybridized carbons (Fsp3) is 0.273. The third-order valence-electron chi connectivity index (χ3n) is 2.43. The summed E-state index contributed by atoms with van der Waals surface area (Å²) in [7, 11) is 0. The standard InChI is InChI=1S/C11H15N5O/c1-7-2-3-8(15-10(12)17)6-9(7)16-11-13-4-5-14-11/h2-3,6H,4-5H2,1H3,(H3,12,15,17)(H2,13,14,16). The van der Waals surface area contributed by atoms with E-state index in [-0.39, 0.29) is 0 Å². The Balaban J connectivity index is 2.16. The number of benzene rings is 1. The highest BCUT2D eigenvalue weighted by molar-refractivity contribution is 5.96. The molecule has 17 heavy (non-hydrogen) atoms. The first kappa shape index (κ1) is 11.3. The monoisotopic (exact) mass is 233 g/mol. The highest BCUT2D eigenvalue weighted by atomic mass is 16.2. The number of guanidine groups is 1. The van der Waals surface area contributed by atoms with Gasteiger partial charge in [-0.1, -0.05) is 6.07 Å². The minimum atomic E-state index is -0.573. The fourth-order valence-corrected chi connectivity index (χ4v) is 1.59. The molecular formula is C11H15N5O. The molecule has 1 aromatic carbocycles. The number of rotatable bonds is 2. The molecule has 6 heteroatoms. The first-order valence-electron chi connectivity index (χ1n) is 5.37. The van der Waals surface area contributed by atoms with Crippen LogP contribution < -0.4 is 21.7 Å². The van der Waals surface area contributed by atoms with Crippen molar-refractivity contribution < 1.29 is 4.79 Å². The van der Waals surface area contributed by atoms with Crippen LogP contribution in [0.2, 0.25) is 0 Å². The van der Waals surface area contributed by atoms with Gasteiger partial charge in [-0.3, -0.25) is 4.99 Å². The number of nitrogens with zero attached hydrogens (tertiary/aromatic N) is 1. The number of carbonyl (C=O) groups excluding carboxylic acids is 1. The molecule has 90 valence electrons. The maximum Gasteiger partial charge on any atom is 0.316 e. The summed E-state index contributed by atoms with van der Waals surface area (Å²) in [5, 5.41) is 8.82. The number of hydrogen-bond acceptors (Lipinski definition) is 4. The van der Waals surface area contributed by atoms with Gasteiger partial charge in [0.15, 0.2) is 5.96 Å². The van der Waals surface area contributed by atoms with Crippen molar-refractivity contribution in [3.05, 3.63) is 23.8 Å². The van der Waals surface area contributed by atoms with Crippen LogP contribution >= 0.6 is 0 Å². The summed E-state index contributed by atoms with van der Waals surface area (Å²) in [6, 6.07) is 4.96. The van der Waals surface area contributed by atoms with Crippen molar-refractivity contribution in [1.29, 1.82) is 0 Å². The molecule has 0 spiro atoms. The van der Waals surface area contributed by atoms with E-state index in [0.29, 0.717) is 5.69 Å². The van der Waals surface area contributed by atoms with Crippen LogP contribution in [0.25, 0.3) is 0 Å². The highest BCUT2D eigenvalue weighted by Crippen LogP contribution is 2.20. The summed E-state index contributed by atoms with van der Waals surface area (Å²) in [4.78, 5) is 15.0. The van der Waals surface area contributed by atoms with Gasteiger partial charge in [0.05, 0.1) is 6.54 Å². The van der Waals surface area contributed by atoms with Gasteiger partial charge in [-0.05, 0) is 24.6 Å². The molecule has 0 fully saturated rings. The Morgan fingerprint density at radius 1 is 1.53 bits per heavy atom. The van der Waals surface area contributed by atoms with E-state index in [2.05, 4.69) is 20.9 Å². The van der Waals surface area contributed by atoms with Crippen LogP contribution in [0.5, 0.6) is 0 Å². The van der Waals surface area contributed by atoms with Crippen LogP contribution in [-0.2, 0) is 0 Å². The Labute approximate surface area is 99.3 Å². The molecule has 1 aliphatic rings. The maximum atomic E-state index is 10.8. The van der Waals surface area contributed by atoms with Crippen molar-refractivity contribution in [3.8, 4) is 0 Å². The zero-order valence-electron chi connectivity index (χ0n) is 9.58. The molecule has 0 aromatic heterocycles. The third-order valence-corrected chi connectivity index (χ3v) is 2.43. The predicted octanol–water partition coefficient (Wildman–Crippen LogP) is 0.857. The quantitative estimate of drug-likeness (QED) is 0.610. The van der Waals surface area contributed by atoms with Crippen molar-refractivity contribution in [2.45, 2.75) is 6.92 Å². The zero-order chi connectivity index (χ0) is 12.3. The van der Waals surface area contributed by atoms with Crippen LogP contribution in [0.4, 0.5) is 16.2 Å². The van der Waals surface area contributed by atoms with Gasteiger partial charge in [0.2, 0.25) is 0 Å². The SMILES string of the molecule is Cc1ccc(NC(N)=O)cc1NC1=NCCN1. The van der Waals surface area contributed by atoms with E-state index < -0.39 is 6.03 Å². The largest absolute Gasteiger partial charge is 0.354 e. The number of carbonyl (C=O) groups is 1. The van der Waals surface area contributed by atoms with Crippen molar-refractivity contribution in [2.24, 2.45) is 10.7 Å². The van der Waals surface area contributed by atoms with Crippen LogP contribution in [0.15, 0.2) is 23.2 Å². The Bertz CT molecular complexity index is 469. The molecule has 2 rings (SSSR count). The average molecular weight is 233 g/mol. The smallest absolute Gasteiger partial charge is 0.316 e. The van der Waals surface area contributed by atoms with Gasteiger partial charge in [0, 0.05) is 17.9 Å². The normalized spacial score (nSPS) is 13.8. The third kappa shape index (κ3) is 2.87. The number of amides is 2. The number of nitrogens with two attached hydrogens (primary N) is 1. The highest BCUT2D eigenvalue weighted by Gasteiger charge is 2.07. The summed E-state index contributed by atoms with van der Waals surface area (Å²) in [6.07, 6.45) is 0. The van der Waals surface area contributed by atoms with Gasteiger partial charge < -0.3 is 21.7 Å². The van der Waals surface area contributed by atoms with Gasteiger partial charge in [-0.15, -0.1) is 0 Å². The Morgan fingerprint density at radius 3 is 3.00 bits per heavy atom. The minimum Gasteiger partial charge on any atom is -0.354 e. The van der Waals surface area contributed by atoms with E-state index in [1.807, 2.05) is 19.1 Å². The van der Waals surface area contributed by atoms with Crippen LogP contribution in [0, 0.1) is 6.92 Å². The van der Waals surface area contributed by atoms with Gasteiger partial charge >= 0.3 is 6.03 Å². The summed E-state index contributed by atoms with van der Waals surface area (Å²) in [5.74, 6) is 0.754. The number of hydrogen-bond donors (Lipinski definition) is 4. The number of nitrogens with one attached hydrogen (secondary N) is 3. The Hall–Kier alpha value is -2.24. The van der Waals surface area contributed by atoms with E-state index in [4.69, 9.17) is 5.73 Å². The number of aliphatic imine (C=N–C) groups is 1.